The number of hydrogen-bond acceptors (Lipinski definition) is 4. The summed E-state index contributed by atoms with van der Waals surface area (Å²) in [6.45, 7) is 3.90. The third-order valence-electron chi connectivity index (χ3n) is 2.59. The number of nitrogens with one attached hydrogen (secondary N) is 1. The molecule has 2 aromatic rings. The van der Waals surface area contributed by atoms with Gasteiger partial charge in [0, 0.05) is 18.5 Å². The predicted octanol–water partition coefficient (Wildman–Crippen LogP) is 2.55. The Morgan fingerprint density at radius 3 is 3.00 bits per heavy atom. The molecule has 4 nitrogen and oxygen atoms in total. The van der Waals surface area contributed by atoms with Crippen LogP contribution in [0.25, 0.3) is 10.9 Å². The number of pyridine rings is 1. The van der Waals surface area contributed by atoms with Crippen molar-refractivity contribution >= 4 is 16.7 Å². The Morgan fingerprint density at radius 2 is 2.22 bits per heavy atom. The first-order chi connectivity index (χ1) is 8.85. The number of ether oxygens (including phenoxy) is 1. The van der Waals surface area contributed by atoms with Crippen LogP contribution in [0.3, 0.4) is 0 Å². The Hall–Kier alpha value is -2.12. The van der Waals surface area contributed by atoms with Crippen LogP contribution in [0.5, 0.6) is 0 Å². The number of para-hydroxylation sites is 1. The summed E-state index contributed by atoms with van der Waals surface area (Å²) in [5, 5.41) is 13.2. The SMILES string of the molecule is CCOCCNc1nc2ccccc2cc1C#N. The van der Waals surface area contributed by atoms with Crippen LogP contribution in [0.15, 0.2) is 30.3 Å². The molecule has 18 heavy (non-hydrogen) atoms. The predicted molar refractivity (Wildman–Crippen MR) is 71.4 cm³/mol. The molecule has 1 aromatic carbocycles. The van der Waals surface area contributed by atoms with Crippen molar-refractivity contribution in [3.63, 3.8) is 0 Å². The summed E-state index contributed by atoms with van der Waals surface area (Å²) in [5.41, 5.74) is 1.45. The number of nitrogens with zero attached hydrogens (tertiary/aromatic N) is 2. The van der Waals surface area contributed by atoms with E-state index in [-0.39, 0.29) is 0 Å². The minimum Gasteiger partial charge on any atom is -0.380 e. The molecule has 1 N–H and O–H groups in total. The molecule has 4 heteroatoms. The van der Waals surface area contributed by atoms with Gasteiger partial charge in [-0.2, -0.15) is 5.26 Å². The second kappa shape index (κ2) is 5.99. The van der Waals surface area contributed by atoms with Gasteiger partial charge < -0.3 is 10.1 Å². The molecule has 0 radical (unpaired) electrons. The molecule has 0 spiro atoms. The molecule has 1 aromatic heterocycles. The van der Waals surface area contributed by atoms with Gasteiger partial charge in [0.1, 0.15) is 11.9 Å². The molecule has 92 valence electrons. The zero-order valence-electron chi connectivity index (χ0n) is 10.3. The fourth-order valence-electron chi connectivity index (χ4n) is 1.72. The largest absolute Gasteiger partial charge is 0.380 e. The first-order valence-electron chi connectivity index (χ1n) is 5.96. The van der Waals surface area contributed by atoms with Crippen LogP contribution < -0.4 is 5.32 Å². The smallest absolute Gasteiger partial charge is 0.144 e. The summed E-state index contributed by atoms with van der Waals surface area (Å²) in [7, 11) is 0. The zero-order valence-corrected chi connectivity index (χ0v) is 10.3. The van der Waals surface area contributed by atoms with Crippen LogP contribution in [0, 0.1) is 11.3 Å². The molecule has 0 unspecified atom stereocenters. The molecule has 0 aliphatic heterocycles. The van der Waals surface area contributed by atoms with Gasteiger partial charge in [0.2, 0.25) is 0 Å². The van der Waals surface area contributed by atoms with Crippen LogP contribution in [0.1, 0.15) is 12.5 Å². The molecule has 0 saturated heterocycles. The van der Waals surface area contributed by atoms with Crippen molar-refractivity contribution in [1.82, 2.24) is 4.98 Å². The van der Waals surface area contributed by atoms with E-state index in [4.69, 9.17) is 10.00 Å². The average Bonchev–Trinajstić information content (AvgIpc) is 2.42. The number of anilines is 1. The van der Waals surface area contributed by atoms with E-state index in [1.165, 1.54) is 0 Å². The van der Waals surface area contributed by atoms with E-state index in [9.17, 15) is 0 Å². The minimum atomic E-state index is 0.560. The highest BCUT2D eigenvalue weighted by Crippen LogP contribution is 2.19. The molecule has 2 rings (SSSR count). The number of fused-ring (bicyclic) bond motifs is 1. The van der Waals surface area contributed by atoms with Crippen molar-refractivity contribution in [1.29, 1.82) is 5.26 Å². The number of nitriles is 1. The number of benzene rings is 1. The fourth-order valence-corrected chi connectivity index (χ4v) is 1.72. The Kier molecular flexibility index (Phi) is 4.11. The summed E-state index contributed by atoms with van der Waals surface area (Å²) >= 11 is 0. The topological polar surface area (TPSA) is 57.9 Å². The van der Waals surface area contributed by atoms with Crippen molar-refractivity contribution in [3.8, 4) is 6.07 Å². The van der Waals surface area contributed by atoms with Gasteiger partial charge in [-0.3, -0.25) is 0 Å². The van der Waals surface area contributed by atoms with Gasteiger partial charge in [-0.15, -0.1) is 0 Å². The lowest BCUT2D eigenvalue weighted by Crippen LogP contribution is -2.11. The van der Waals surface area contributed by atoms with Crippen molar-refractivity contribution in [2.45, 2.75) is 6.92 Å². The summed E-state index contributed by atoms with van der Waals surface area (Å²) in [4.78, 5) is 4.45. The quantitative estimate of drug-likeness (QED) is 0.817. The molecule has 0 amide bonds. The Morgan fingerprint density at radius 1 is 1.39 bits per heavy atom. The van der Waals surface area contributed by atoms with Gasteiger partial charge in [0.05, 0.1) is 17.7 Å². The molecule has 0 atom stereocenters. The van der Waals surface area contributed by atoms with E-state index in [0.717, 1.165) is 10.9 Å². The van der Waals surface area contributed by atoms with E-state index in [0.29, 0.717) is 31.1 Å². The van der Waals surface area contributed by atoms with Gasteiger partial charge >= 0.3 is 0 Å². The minimum absolute atomic E-state index is 0.560. The van der Waals surface area contributed by atoms with Crippen molar-refractivity contribution < 1.29 is 4.74 Å². The molecule has 0 saturated carbocycles. The Labute approximate surface area is 106 Å². The highest BCUT2D eigenvalue weighted by molar-refractivity contribution is 5.82. The molecular weight excluding hydrogens is 226 g/mol. The molecule has 0 fully saturated rings. The van der Waals surface area contributed by atoms with Gasteiger partial charge in [-0.1, -0.05) is 18.2 Å². The lowest BCUT2D eigenvalue weighted by molar-refractivity contribution is 0.158. The normalized spacial score (nSPS) is 10.2. The van der Waals surface area contributed by atoms with E-state index in [2.05, 4.69) is 16.4 Å². The molecule has 0 aliphatic carbocycles. The zero-order chi connectivity index (χ0) is 12.8. The Balaban J connectivity index is 2.23. The average molecular weight is 241 g/mol. The van der Waals surface area contributed by atoms with Crippen molar-refractivity contribution in [2.24, 2.45) is 0 Å². The summed E-state index contributed by atoms with van der Waals surface area (Å²) in [6.07, 6.45) is 0. The van der Waals surface area contributed by atoms with Crippen LogP contribution in [0.4, 0.5) is 5.82 Å². The summed E-state index contributed by atoms with van der Waals surface area (Å²) in [6, 6.07) is 11.8. The first-order valence-corrected chi connectivity index (χ1v) is 5.96. The number of hydrogen-bond donors (Lipinski definition) is 1. The van der Waals surface area contributed by atoms with E-state index in [1.807, 2.05) is 37.3 Å². The third-order valence-corrected chi connectivity index (χ3v) is 2.59. The second-order valence-corrected chi connectivity index (χ2v) is 3.81. The van der Waals surface area contributed by atoms with Crippen LogP contribution in [0.2, 0.25) is 0 Å². The third kappa shape index (κ3) is 2.76. The maximum Gasteiger partial charge on any atom is 0.144 e. The van der Waals surface area contributed by atoms with Gasteiger partial charge in [0.15, 0.2) is 0 Å². The highest BCUT2D eigenvalue weighted by Gasteiger charge is 2.05. The van der Waals surface area contributed by atoms with Crippen molar-refractivity contribution in [3.05, 3.63) is 35.9 Å². The maximum atomic E-state index is 9.12. The van der Waals surface area contributed by atoms with E-state index >= 15 is 0 Å². The standard InChI is InChI=1S/C14H15N3O/c1-2-18-8-7-16-14-12(10-15)9-11-5-3-4-6-13(11)17-14/h3-6,9H,2,7-8H2,1H3,(H,16,17). The van der Waals surface area contributed by atoms with Gasteiger partial charge in [0.25, 0.3) is 0 Å². The molecule has 1 heterocycles. The van der Waals surface area contributed by atoms with Crippen molar-refractivity contribution in [2.75, 3.05) is 25.1 Å². The number of rotatable bonds is 5. The van der Waals surface area contributed by atoms with Gasteiger partial charge in [-0.25, -0.2) is 4.98 Å². The molecular formula is C14H15N3O. The molecule has 0 aliphatic rings. The van der Waals surface area contributed by atoms with E-state index < -0.39 is 0 Å². The Bertz CT molecular complexity index is 575. The maximum absolute atomic E-state index is 9.12. The van der Waals surface area contributed by atoms with Crippen LogP contribution >= 0.6 is 0 Å². The highest BCUT2D eigenvalue weighted by atomic mass is 16.5. The lowest BCUT2D eigenvalue weighted by atomic mass is 10.1. The van der Waals surface area contributed by atoms with Crippen LogP contribution in [-0.4, -0.2) is 24.7 Å². The lowest BCUT2D eigenvalue weighted by Gasteiger charge is -2.08. The van der Waals surface area contributed by atoms with Gasteiger partial charge in [-0.05, 0) is 19.1 Å². The van der Waals surface area contributed by atoms with E-state index in [1.54, 1.807) is 0 Å². The second-order valence-electron chi connectivity index (χ2n) is 3.81. The summed E-state index contributed by atoms with van der Waals surface area (Å²) < 4.78 is 5.24. The van der Waals surface area contributed by atoms with Crippen LogP contribution in [-0.2, 0) is 4.74 Å². The fraction of sp³-hybridized carbons (Fsp3) is 0.286. The first kappa shape index (κ1) is 12.3. The monoisotopic (exact) mass is 241 g/mol. The summed E-state index contributed by atoms with van der Waals surface area (Å²) in [5.74, 6) is 0.621. The number of aromatic nitrogens is 1. The molecule has 0 bridgehead atoms.